The molecule has 98 valence electrons. The van der Waals surface area contributed by atoms with Crippen LogP contribution >= 0.6 is 0 Å². The molecule has 4 nitrogen and oxygen atoms in total. The highest BCUT2D eigenvalue weighted by Gasteiger charge is 2.29. The first-order chi connectivity index (χ1) is 8.31. The van der Waals surface area contributed by atoms with Crippen molar-refractivity contribution in [2.75, 3.05) is 46.3 Å². The molecule has 1 unspecified atom stereocenters. The van der Waals surface area contributed by atoms with Gasteiger partial charge < -0.3 is 15.1 Å². The van der Waals surface area contributed by atoms with Crippen LogP contribution in [0.15, 0.2) is 0 Å². The third-order valence-corrected chi connectivity index (χ3v) is 3.95. The smallest absolute Gasteiger partial charge is 0.226 e. The second kappa shape index (κ2) is 6.36. The van der Waals surface area contributed by atoms with E-state index in [9.17, 15) is 4.79 Å². The maximum atomic E-state index is 12.3. The van der Waals surface area contributed by atoms with Gasteiger partial charge in [-0.1, -0.05) is 0 Å². The maximum absolute atomic E-state index is 12.3. The van der Waals surface area contributed by atoms with Crippen LogP contribution in [-0.2, 0) is 4.79 Å². The first-order valence-electron chi connectivity index (χ1n) is 6.97. The van der Waals surface area contributed by atoms with Gasteiger partial charge in [0.2, 0.25) is 5.91 Å². The Balaban J connectivity index is 1.81. The van der Waals surface area contributed by atoms with Gasteiger partial charge in [-0.05, 0) is 39.3 Å². The van der Waals surface area contributed by atoms with Crippen molar-refractivity contribution in [1.82, 2.24) is 15.1 Å². The van der Waals surface area contributed by atoms with Crippen LogP contribution in [-0.4, -0.2) is 62.0 Å². The highest BCUT2D eigenvalue weighted by Crippen LogP contribution is 2.20. The Morgan fingerprint density at radius 2 is 2.00 bits per heavy atom. The summed E-state index contributed by atoms with van der Waals surface area (Å²) in [5.74, 6) is 0.676. The standard InChI is InChI=1S/C13H25N3O/c1-14-6-10-15-7-4-5-12(11-15)13(17)16-8-2-3-9-16/h12,14H,2-11H2,1H3. The third-order valence-electron chi connectivity index (χ3n) is 3.95. The van der Waals surface area contributed by atoms with Gasteiger partial charge in [-0.25, -0.2) is 0 Å². The van der Waals surface area contributed by atoms with E-state index in [2.05, 4.69) is 15.1 Å². The molecule has 2 fully saturated rings. The van der Waals surface area contributed by atoms with Crippen molar-refractivity contribution < 1.29 is 4.79 Å². The molecule has 0 bridgehead atoms. The zero-order valence-electron chi connectivity index (χ0n) is 11.0. The fourth-order valence-corrected chi connectivity index (χ4v) is 2.93. The van der Waals surface area contributed by atoms with E-state index >= 15 is 0 Å². The average Bonchev–Trinajstić information content (AvgIpc) is 2.89. The Hall–Kier alpha value is -0.610. The van der Waals surface area contributed by atoms with Gasteiger partial charge in [0.25, 0.3) is 0 Å². The number of carbonyl (C=O) groups is 1. The van der Waals surface area contributed by atoms with Crippen molar-refractivity contribution in [2.45, 2.75) is 25.7 Å². The molecule has 0 aliphatic carbocycles. The number of nitrogens with one attached hydrogen (secondary N) is 1. The van der Waals surface area contributed by atoms with Gasteiger partial charge in [0, 0.05) is 32.7 Å². The van der Waals surface area contributed by atoms with Crippen molar-refractivity contribution in [3.63, 3.8) is 0 Å². The quantitative estimate of drug-likeness (QED) is 0.778. The van der Waals surface area contributed by atoms with E-state index in [-0.39, 0.29) is 5.92 Å². The Bertz CT molecular complexity index is 251. The molecular weight excluding hydrogens is 214 g/mol. The molecule has 0 aromatic heterocycles. The van der Waals surface area contributed by atoms with E-state index in [4.69, 9.17) is 0 Å². The molecule has 4 heteroatoms. The van der Waals surface area contributed by atoms with Crippen molar-refractivity contribution in [3.05, 3.63) is 0 Å². The van der Waals surface area contributed by atoms with Crippen LogP contribution in [0.4, 0.5) is 0 Å². The Labute approximate surface area is 104 Å². The lowest BCUT2D eigenvalue weighted by Crippen LogP contribution is -2.45. The molecule has 1 amide bonds. The second-order valence-electron chi connectivity index (χ2n) is 5.28. The van der Waals surface area contributed by atoms with Gasteiger partial charge in [-0.3, -0.25) is 4.79 Å². The number of rotatable bonds is 4. The molecular formula is C13H25N3O. The largest absolute Gasteiger partial charge is 0.342 e. The van der Waals surface area contributed by atoms with Crippen LogP contribution in [0.1, 0.15) is 25.7 Å². The van der Waals surface area contributed by atoms with Crippen LogP contribution < -0.4 is 5.32 Å². The molecule has 0 radical (unpaired) electrons. The molecule has 0 spiro atoms. The van der Waals surface area contributed by atoms with Crippen molar-refractivity contribution >= 4 is 5.91 Å². The monoisotopic (exact) mass is 239 g/mol. The zero-order valence-corrected chi connectivity index (χ0v) is 11.0. The molecule has 0 saturated carbocycles. The van der Waals surface area contributed by atoms with Gasteiger partial charge in [0.1, 0.15) is 0 Å². The minimum Gasteiger partial charge on any atom is -0.342 e. The van der Waals surface area contributed by atoms with Crippen LogP contribution in [0.2, 0.25) is 0 Å². The summed E-state index contributed by atoms with van der Waals surface area (Å²) >= 11 is 0. The van der Waals surface area contributed by atoms with Gasteiger partial charge in [0.15, 0.2) is 0 Å². The molecule has 2 aliphatic rings. The summed E-state index contributed by atoms with van der Waals surface area (Å²) in [5.41, 5.74) is 0. The Morgan fingerprint density at radius 3 is 2.71 bits per heavy atom. The van der Waals surface area contributed by atoms with Crippen molar-refractivity contribution in [1.29, 1.82) is 0 Å². The number of hydrogen-bond acceptors (Lipinski definition) is 3. The number of nitrogens with zero attached hydrogens (tertiary/aromatic N) is 2. The van der Waals surface area contributed by atoms with Crippen molar-refractivity contribution in [3.8, 4) is 0 Å². The number of likely N-dealkylation sites (tertiary alicyclic amines) is 2. The van der Waals surface area contributed by atoms with Gasteiger partial charge in [0.05, 0.1) is 5.92 Å². The molecule has 0 aromatic carbocycles. The van der Waals surface area contributed by atoms with Crippen molar-refractivity contribution in [2.24, 2.45) is 5.92 Å². The van der Waals surface area contributed by atoms with Gasteiger partial charge >= 0.3 is 0 Å². The average molecular weight is 239 g/mol. The number of carbonyl (C=O) groups excluding carboxylic acids is 1. The second-order valence-corrected chi connectivity index (χ2v) is 5.28. The van der Waals surface area contributed by atoms with E-state index in [1.165, 1.54) is 19.3 Å². The summed E-state index contributed by atoms with van der Waals surface area (Å²) in [6, 6.07) is 0. The molecule has 2 saturated heterocycles. The van der Waals surface area contributed by atoms with Crippen LogP contribution in [0.25, 0.3) is 0 Å². The predicted molar refractivity (Wildman–Crippen MR) is 68.9 cm³/mol. The van der Waals surface area contributed by atoms with E-state index in [1.54, 1.807) is 0 Å². The lowest BCUT2D eigenvalue weighted by molar-refractivity contribution is -0.136. The molecule has 1 N–H and O–H groups in total. The SMILES string of the molecule is CNCCN1CCCC(C(=O)N2CCCC2)C1. The molecule has 2 rings (SSSR count). The number of amides is 1. The topological polar surface area (TPSA) is 35.6 Å². The van der Waals surface area contributed by atoms with E-state index < -0.39 is 0 Å². The first-order valence-corrected chi connectivity index (χ1v) is 6.97. The number of piperidine rings is 1. The molecule has 1 atom stereocenters. The fourth-order valence-electron chi connectivity index (χ4n) is 2.93. The predicted octanol–water partition coefficient (Wildman–Crippen LogP) is 0.540. The number of hydrogen-bond donors (Lipinski definition) is 1. The zero-order chi connectivity index (χ0) is 12.1. The van der Waals surface area contributed by atoms with Gasteiger partial charge in [-0.15, -0.1) is 0 Å². The van der Waals surface area contributed by atoms with Crippen LogP contribution in [0.3, 0.4) is 0 Å². The summed E-state index contributed by atoms with van der Waals surface area (Å²) in [4.78, 5) is 16.8. The molecule has 0 aromatic rings. The fraction of sp³-hybridized carbons (Fsp3) is 0.923. The summed E-state index contributed by atoms with van der Waals surface area (Å²) in [5, 5.41) is 3.18. The van der Waals surface area contributed by atoms with E-state index in [1.807, 2.05) is 7.05 Å². The molecule has 17 heavy (non-hydrogen) atoms. The Kier molecular flexibility index (Phi) is 4.80. The van der Waals surface area contributed by atoms with Crippen LogP contribution in [0, 0.1) is 5.92 Å². The summed E-state index contributed by atoms with van der Waals surface area (Å²) in [6.07, 6.45) is 4.66. The minimum atomic E-state index is 0.263. The summed E-state index contributed by atoms with van der Waals surface area (Å²) < 4.78 is 0. The third kappa shape index (κ3) is 3.42. The highest BCUT2D eigenvalue weighted by atomic mass is 16.2. The van der Waals surface area contributed by atoms with Gasteiger partial charge in [-0.2, -0.15) is 0 Å². The summed E-state index contributed by atoms with van der Waals surface area (Å²) in [6.45, 7) is 6.20. The van der Waals surface area contributed by atoms with Crippen LogP contribution in [0.5, 0.6) is 0 Å². The summed E-state index contributed by atoms with van der Waals surface area (Å²) in [7, 11) is 1.98. The number of likely N-dealkylation sites (N-methyl/N-ethyl adjacent to an activating group) is 1. The highest BCUT2D eigenvalue weighted by molar-refractivity contribution is 5.79. The van der Waals surface area contributed by atoms with E-state index in [0.717, 1.165) is 45.7 Å². The maximum Gasteiger partial charge on any atom is 0.226 e. The lowest BCUT2D eigenvalue weighted by Gasteiger charge is -2.33. The molecule has 2 aliphatic heterocycles. The lowest BCUT2D eigenvalue weighted by atomic mass is 9.96. The molecule has 2 heterocycles. The normalized spacial score (nSPS) is 26.4. The Morgan fingerprint density at radius 1 is 1.24 bits per heavy atom. The first kappa shape index (κ1) is 12.8. The van der Waals surface area contributed by atoms with E-state index in [0.29, 0.717) is 5.91 Å². The minimum absolute atomic E-state index is 0.263.